The Kier molecular flexibility index (Phi) is 8.06. The second-order valence-corrected chi connectivity index (χ2v) is 9.03. The van der Waals surface area contributed by atoms with Crippen LogP contribution in [0.5, 0.6) is 11.5 Å². The number of ether oxygens (including phenoxy) is 2. The van der Waals surface area contributed by atoms with Gasteiger partial charge >= 0.3 is 0 Å². The Morgan fingerprint density at radius 1 is 0.789 bits per heavy atom. The molecular weight excluding hydrogens is 478 g/mol. The Morgan fingerprint density at radius 2 is 1.53 bits per heavy atom. The number of amides is 2. The van der Waals surface area contributed by atoms with Gasteiger partial charge in [0.1, 0.15) is 0 Å². The Hall–Kier alpha value is -4.65. The van der Waals surface area contributed by atoms with Gasteiger partial charge in [-0.05, 0) is 55.3 Å². The largest absolute Gasteiger partial charge is 0.493 e. The molecule has 7 nitrogen and oxygen atoms in total. The van der Waals surface area contributed by atoms with E-state index in [-0.39, 0.29) is 18.4 Å². The number of nitrogens with zero attached hydrogens (tertiary/aromatic N) is 1. The van der Waals surface area contributed by atoms with E-state index in [2.05, 4.69) is 28.8 Å². The molecule has 4 rings (SSSR count). The van der Waals surface area contributed by atoms with Gasteiger partial charge in [-0.1, -0.05) is 47.5 Å². The summed E-state index contributed by atoms with van der Waals surface area (Å²) in [5.74, 6) is 0.715. The zero-order valence-corrected chi connectivity index (χ0v) is 22.2. The van der Waals surface area contributed by atoms with E-state index < -0.39 is 0 Å². The molecular formula is C31H31N3O4. The van der Waals surface area contributed by atoms with Gasteiger partial charge in [-0.15, -0.1) is 0 Å². The summed E-state index contributed by atoms with van der Waals surface area (Å²) < 4.78 is 10.7. The summed E-state index contributed by atoms with van der Waals surface area (Å²) in [7, 11) is 4.73. The summed E-state index contributed by atoms with van der Waals surface area (Å²) in [6.45, 7) is 4.36. The van der Waals surface area contributed by atoms with Crippen molar-refractivity contribution in [3.63, 3.8) is 0 Å². The van der Waals surface area contributed by atoms with E-state index in [1.165, 1.54) is 0 Å². The van der Waals surface area contributed by atoms with Gasteiger partial charge in [0.05, 0.1) is 25.5 Å². The number of carbonyl (C=O) groups excluding carboxylic acids is 2. The van der Waals surface area contributed by atoms with Crippen LogP contribution in [-0.2, 0) is 6.54 Å². The molecule has 0 spiro atoms. The maximum atomic E-state index is 13.6. The zero-order valence-electron chi connectivity index (χ0n) is 22.2. The summed E-state index contributed by atoms with van der Waals surface area (Å²) in [6.07, 6.45) is 1.77. The molecule has 38 heavy (non-hydrogen) atoms. The van der Waals surface area contributed by atoms with Crippen molar-refractivity contribution in [1.82, 2.24) is 15.6 Å². The Morgan fingerprint density at radius 3 is 2.21 bits per heavy atom. The van der Waals surface area contributed by atoms with Crippen LogP contribution in [0.4, 0.5) is 0 Å². The van der Waals surface area contributed by atoms with Crippen LogP contribution in [0.2, 0.25) is 0 Å². The second-order valence-electron chi connectivity index (χ2n) is 9.03. The third kappa shape index (κ3) is 5.83. The number of hydrogen-bond acceptors (Lipinski definition) is 5. The van der Waals surface area contributed by atoms with Crippen LogP contribution in [0, 0.1) is 13.8 Å². The van der Waals surface area contributed by atoms with Crippen molar-refractivity contribution in [3.05, 3.63) is 101 Å². The molecule has 194 valence electrons. The number of hydrogen-bond donors (Lipinski definition) is 2. The van der Waals surface area contributed by atoms with Crippen molar-refractivity contribution in [2.24, 2.45) is 0 Å². The molecule has 2 N–H and O–H groups in total. The summed E-state index contributed by atoms with van der Waals surface area (Å²) >= 11 is 0. The summed E-state index contributed by atoms with van der Waals surface area (Å²) in [5.41, 5.74) is 7.00. The SMILES string of the molecule is CNC(=O)c1cccc(-c2ncc(-c3cc(C)cc(C)c3)cc2C(=O)NCc2ccc(OC)c(OC)c2)c1. The first-order chi connectivity index (χ1) is 18.3. The first-order valence-corrected chi connectivity index (χ1v) is 12.2. The quantitative estimate of drug-likeness (QED) is 0.335. The summed E-state index contributed by atoms with van der Waals surface area (Å²) in [4.78, 5) is 30.5. The van der Waals surface area contributed by atoms with E-state index in [1.54, 1.807) is 51.7 Å². The molecule has 1 aromatic heterocycles. The minimum absolute atomic E-state index is 0.210. The molecule has 2 amide bonds. The monoisotopic (exact) mass is 509 g/mol. The highest BCUT2D eigenvalue weighted by Crippen LogP contribution is 2.30. The van der Waals surface area contributed by atoms with E-state index >= 15 is 0 Å². The molecule has 3 aromatic carbocycles. The van der Waals surface area contributed by atoms with Gasteiger partial charge in [0, 0.05) is 36.5 Å². The van der Waals surface area contributed by atoms with E-state index in [0.29, 0.717) is 33.9 Å². The Labute approximate surface area is 222 Å². The second kappa shape index (κ2) is 11.6. The lowest BCUT2D eigenvalue weighted by atomic mass is 9.97. The summed E-state index contributed by atoms with van der Waals surface area (Å²) in [5, 5.41) is 5.65. The van der Waals surface area contributed by atoms with Crippen LogP contribution in [-0.4, -0.2) is 38.1 Å². The number of methoxy groups -OCH3 is 2. The van der Waals surface area contributed by atoms with Crippen LogP contribution in [0.3, 0.4) is 0 Å². The maximum Gasteiger partial charge on any atom is 0.253 e. The molecule has 0 radical (unpaired) electrons. The van der Waals surface area contributed by atoms with E-state index in [1.807, 2.05) is 38.1 Å². The standard InChI is InChI=1S/C31H31N3O4/c1-19-11-20(2)13-24(12-19)25-16-26(29(33-18-25)22-7-6-8-23(15-22)30(35)32-3)31(36)34-17-21-9-10-27(37-4)28(14-21)38-5/h6-16,18H,17H2,1-5H3,(H,32,35)(H,34,36). The third-order valence-corrected chi connectivity index (χ3v) is 6.21. The first kappa shape index (κ1) is 26.4. The third-order valence-electron chi connectivity index (χ3n) is 6.21. The van der Waals surface area contributed by atoms with E-state index in [9.17, 15) is 9.59 Å². The van der Waals surface area contributed by atoms with Crippen LogP contribution in [0.15, 0.2) is 72.9 Å². The highest BCUT2D eigenvalue weighted by Gasteiger charge is 2.18. The fourth-order valence-corrected chi connectivity index (χ4v) is 4.39. The first-order valence-electron chi connectivity index (χ1n) is 12.2. The van der Waals surface area contributed by atoms with Crippen molar-refractivity contribution < 1.29 is 19.1 Å². The van der Waals surface area contributed by atoms with Crippen molar-refractivity contribution in [2.75, 3.05) is 21.3 Å². The lowest BCUT2D eigenvalue weighted by Crippen LogP contribution is -2.24. The van der Waals surface area contributed by atoms with E-state index in [4.69, 9.17) is 14.5 Å². The lowest BCUT2D eigenvalue weighted by molar-refractivity contribution is 0.0947. The van der Waals surface area contributed by atoms with Gasteiger partial charge < -0.3 is 20.1 Å². The minimum atomic E-state index is -0.279. The molecule has 4 aromatic rings. The highest BCUT2D eigenvalue weighted by molar-refractivity contribution is 6.02. The summed E-state index contributed by atoms with van der Waals surface area (Å²) in [6, 6.07) is 20.7. The molecule has 0 saturated heterocycles. The van der Waals surface area contributed by atoms with Gasteiger partial charge in [-0.3, -0.25) is 14.6 Å². The number of pyridine rings is 1. The Balaban J connectivity index is 1.73. The average Bonchev–Trinajstić information content (AvgIpc) is 2.94. The number of benzene rings is 3. The predicted octanol–water partition coefficient (Wildman–Crippen LogP) is 5.34. The van der Waals surface area contributed by atoms with Gasteiger partial charge in [0.15, 0.2) is 11.5 Å². The lowest BCUT2D eigenvalue weighted by Gasteiger charge is -2.14. The molecule has 0 saturated carbocycles. The zero-order chi connectivity index (χ0) is 27.2. The van der Waals surface area contributed by atoms with Crippen molar-refractivity contribution in [1.29, 1.82) is 0 Å². The van der Waals surface area contributed by atoms with Crippen LogP contribution >= 0.6 is 0 Å². The van der Waals surface area contributed by atoms with Crippen LogP contribution in [0.1, 0.15) is 37.4 Å². The molecule has 0 bridgehead atoms. The number of aryl methyl sites for hydroxylation is 2. The van der Waals surface area contributed by atoms with Crippen molar-refractivity contribution in [2.45, 2.75) is 20.4 Å². The smallest absolute Gasteiger partial charge is 0.253 e. The van der Waals surface area contributed by atoms with Gasteiger partial charge in [-0.2, -0.15) is 0 Å². The molecule has 0 aliphatic rings. The molecule has 0 unspecified atom stereocenters. The number of rotatable bonds is 8. The van der Waals surface area contributed by atoms with Gasteiger partial charge in [0.2, 0.25) is 0 Å². The van der Waals surface area contributed by atoms with Gasteiger partial charge in [0.25, 0.3) is 11.8 Å². The van der Waals surface area contributed by atoms with E-state index in [0.717, 1.165) is 27.8 Å². The molecule has 0 fully saturated rings. The topological polar surface area (TPSA) is 89.6 Å². The van der Waals surface area contributed by atoms with Crippen LogP contribution < -0.4 is 20.1 Å². The molecule has 0 atom stereocenters. The van der Waals surface area contributed by atoms with Gasteiger partial charge in [-0.25, -0.2) is 0 Å². The molecule has 0 aliphatic carbocycles. The van der Waals surface area contributed by atoms with Crippen molar-refractivity contribution >= 4 is 11.8 Å². The fraction of sp³-hybridized carbons (Fsp3) is 0.194. The molecule has 7 heteroatoms. The highest BCUT2D eigenvalue weighted by atomic mass is 16.5. The van der Waals surface area contributed by atoms with Crippen molar-refractivity contribution in [3.8, 4) is 33.9 Å². The number of nitrogens with one attached hydrogen (secondary N) is 2. The Bertz CT molecular complexity index is 1480. The number of carbonyl (C=O) groups is 2. The fourth-order valence-electron chi connectivity index (χ4n) is 4.39. The molecule has 0 aliphatic heterocycles. The molecule has 1 heterocycles. The average molecular weight is 510 g/mol. The normalized spacial score (nSPS) is 10.6. The van der Waals surface area contributed by atoms with Crippen LogP contribution in [0.25, 0.3) is 22.4 Å². The predicted molar refractivity (Wildman–Crippen MR) is 149 cm³/mol. The minimum Gasteiger partial charge on any atom is -0.493 e. The maximum absolute atomic E-state index is 13.6. The number of aromatic nitrogens is 1.